The zero-order valence-electron chi connectivity index (χ0n) is 10.6. The molecule has 0 spiro atoms. The lowest BCUT2D eigenvalue weighted by Crippen LogP contribution is -2.04. The van der Waals surface area contributed by atoms with Crippen LogP contribution in [0.4, 0.5) is 0 Å². The molecule has 4 nitrogen and oxygen atoms in total. The molecule has 2 aromatic rings. The van der Waals surface area contributed by atoms with Gasteiger partial charge in [0.05, 0.1) is 16.7 Å². The van der Waals surface area contributed by atoms with Gasteiger partial charge < -0.3 is 4.52 Å². The van der Waals surface area contributed by atoms with E-state index in [1.54, 1.807) is 6.92 Å². The molecular weight excluding hydrogens is 284 g/mol. The van der Waals surface area contributed by atoms with Crippen molar-refractivity contribution in [3.8, 4) is 0 Å². The van der Waals surface area contributed by atoms with Crippen LogP contribution in [0.25, 0.3) is 0 Å². The van der Waals surface area contributed by atoms with Gasteiger partial charge in [0, 0.05) is 4.90 Å². The lowest BCUT2D eigenvalue weighted by atomic mass is 10.1. The van der Waals surface area contributed by atoms with Gasteiger partial charge in [0.1, 0.15) is 5.78 Å². The zero-order valence-corrected chi connectivity index (χ0v) is 12.2. The second kappa shape index (κ2) is 6.21. The fraction of sp³-hybridized carbons (Fsp3) is 0.308. The molecule has 1 aromatic heterocycles. The van der Waals surface area contributed by atoms with Crippen molar-refractivity contribution in [3.05, 3.63) is 41.0 Å². The summed E-state index contributed by atoms with van der Waals surface area (Å²) < 4.78 is 5.08. The summed E-state index contributed by atoms with van der Waals surface area (Å²) in [6.07, 6.45) is 0. The number of thioether (sulfide) groups is 1. The molecule has 0 radical (unpaired) electrons. The summed E-state index contributed by atoms with van der Waals surface area (Å²) in [7, 11) is 0. The minimum absolute atomic E-state index is 0.00829. The molecular formula is C13H13ClN2O2S. The van der Waals surface area contributed by atoms with Crippen molar-refractivity contribution in [2.45, 2.75) is 30.4 Å². The maximum atomic E-state index is 11.2. The minimum Gasteiger partial charge on any atom is -0.339 e. The van der Waals surface area contributed by atoms with Crippen LogP contribution >= 0.6 is 23.4 Å². The van der Waals surface area contributed by atoms with Gasteiger partial charge in [-0.3, -0.25) is 4.79 Å². The highest BCUT2D eigenvalue weighted by Crippen LogP contribution is 2.28. The average molecular weight is 297 g/mol. The van der Waals surface area contributed by atoms with Gasteiger partial charge in [-0.2, -0.15) is 4.98 Å². The summed E-state index contributed by atoms with van der Waals surface area (Å²) in [6, 6.07) is 7.58. The topological polar surface area (TPSA) is 56.0 Å². The van der Waals surface area contributed by atoms with Gasteiger partial charge >= 0.3 is 0 Å². The van der Waals surface area contributed by atoms with Crippen LogP contribution in [-0.2, 0) is 10.5 Å². The lowest BCUT2D eigenvalue weighted by molar-refractivity contribution is -0.118. The maximum absolute atomic E-state index is 11.2. The number of aromatic nitrogens is 2. The Kier molecular flexibility index (Phi) is 4.61. The second-order valence-electron chi connectivity index (χ2n) is 4.10. The Bertz CT molecular complexity index is 586. The fourth-order valence-corrected chi connectivity index (χ4v) is 2.46. The Balaban J connectivity index is 2.01. The molecule has 0 aliphatic heterocycles. The largest absolute Gasteiger partial charge is 0.339 e. The standard InChI is InChI=1S/C13H13ClN2O2S/c1-8(9(2)17)13-15-12(16-18-13)7-19-11-6-4-3-5-10(11)14/h3-6,8H,7H2,1-2H3. The molecule has 2 rings (SSSR count). The minimum atomic E-state index is -0.355. The van der Waals surface area contributed by atoms with E-state index in [-0.39, 0.29) is 11.7 Å². The molecule has 1 heterocycles. The molecule has 0 aliphatic rings. The number of Topliss-reactive ketones (excluding diaryl/α,β-unsaturated/α-hetero) is 1. The number of carbonyl (C=O) groups is 1. The Hall–Kier alpha value is -1.33. The molecule has 0 N–H and O–H groups in total. The lowest BCUT2D eigenvalue weighted by Gasteiger charge is -2.00. The molecule has 0 aliphatic carbocycles. The highest BCUT2D eigenvalue weighted by Gasteiger charge is 2.18. The Labute approximate surface area is 120 Å². The summed E-state index contributed by atoms with van der Waals surface area (Å²) in [5, 5.41) is 4.56. The predicted octanol–water partition coefficient (Wildman–Crippen LogP) is 3.71. The summed E-state index contributed by atoms with van der Waals surface area (Å²) in [6.45, 7) is 3.26. The highest BCUT2D eigenvalue weighted by atomic mass is 35.5. The van der Waals surface area contributed by atoms with E-state index in [0.29, 0.717) is 22.5 Å². The van der Waals surface area contributed by atoms with Gasteiger partial charge in [-0.25, -0.2) is 0 Å². The quantitative estimate of drug-likeness (QED) is 0.787. The van der Waals surface area contributed by atoms with Gasteiger partial charge in [0.2, 0.25) is 5.89 Å². The number of halogens is 1. The van der Waals surface area contributed by atoms with E-state index in [1.165, 1.54) is 18.7 Å². The third kappa shape index (κ3) is 3.58. The first-order chi connectivity index (χ1) is 9.08. The molecule has 100 valence electrons. The maximum Gasteiger partial charge on any atom is 0.236 e. The van der Waals surface area contributed by atoms with Crippen molar-refractivity contribution in [2.24, 2.45) is 0 Å². The molecule has 6 heteroatoms. The molecule has 0 amide bonds. The van der Waals surface area contributed by atoms with Crippen molar-refractivity contribution in [3.63, 3.8) is 0 Å². The summed E-state index contributed by atoms with van der Waals surface area (Å²) in [5.41, 5.74) is 0. The van der Waals surface area contributed by atoms with E-state index in [9.17, 15) is 4.79 Å². The first-order valence-corrected chi connectivity index (χ1v) is 7.14. The Morgan fingerprint density at radius 2 is 2.21 bits per heavy atom. The molecule has 0 bridgehead atoms. The number of nitrogens with zero attached hydrogens (tertiary/aromatic N) is 2. The Morgan fingerprint density at radius 3 is 2.89 bits per heavy atom. The van der Waals surface area contributed by atoms with Gasteiger partial charge in [0.15, 0.2) is 5.82 Å². The van der Waals surface area contributed by atoms with Gasteiger partial charge in [-0.15, -0.1) is 11.8 Å². The number of benzene rings is 1. The molecule has 0 saturated carbocycles. The van der Waals surface area contributed by atoms with Crippen LogP contribution in [-0.4, -0.2) is 15.9 Å². The highest BCUT2D eigenvalue weighted by molar-refractivity contribution is 7.98. The number of rotatable bonds is 5. The van der Waals surface area contributed by atoms with Crippen molar-refractivity contribution < 1.29 is 9.32 Å². The van der Waals surface area contributed by atoms with Crippen LogP contribution in [0.15, 0.2) is 33.7 Å². The number of hydrogen-bond acceptors (Lipinski definition) is 5. The average Bonchev–Trinajstić information content (AvgIpc) is 2.85. The fourth-order valence-electron chi connectivity index (χ4n) is 1.38. The summed E-state index contributed by atoms with van der Waals surface area (Å²) in [5.74, 6) is 1.13. The van der Waals surface area contributed by atoms with Gasteiger partial charge in [-0.1, -0.05) is 28.9 Å². The van der Waals surface area contributed by atoms with Crippen LogP contribution < -0.4 is 0 Å². The van der Waals surface area contributed by atoms with Crippen molar-refractivity contribution in [2.75, 3.05) is 0 Å². The first kappa shape index (κ1) is 14.1. The van der Waals surface area contributed by atoms with Crippen LogP contribution in [0.3, 0.4) is 0 Å². The van der Waals surface area contributed by atoms with E-state index in [0.717, 1.165) is 4.90 Å². The summed E-state index contributed by atoms with van der Waals surface area (Å²) >= 11 is 7.59. The van der Waals surface area contributed by atoms with E-state index in [4.69, 9.17) is 16.1 Å². The molecule has 1 atom stereocenters. The zero-order chi connectivity index (χ0) is 13.8. The van der Waals surface area contributed by atoms with E-state index in [2.05, 4.69) is 10.1 Å². The molecule has 19 heavy (non-hydrogen) atoms. The third-order valence-corrected chi connectivity index (χ3v) is 4.17. The Morgan fingerprint density at radius 1 is 1.47 bits per heavy atom. The normalized spacial score (nSPS) is 12.4. The van der Waals surface area contributed by atoms with Crippen molar-refractivity contribution in [1.82, 2.24) is 10.1 Å². The van der Waals surface area contributed by atoms with Gasteiger partial charge in [-0.05, 0) is 26.0 Å². The monoisotopic (exact) mass is 296 g/mol. The van der Waals surface area contributed by atoms with Gasteiger partial charge in [0.25, 0.3) is 0 Å². The number of carbonyl (C=O) groups excluding carboxylic acids is 1. The van der Waals surface area contributed by atoms with Crippen LogP contribution in [0.1, 0.15) is 31.5 Å². The summed E-state index contributed by atoms with van der Waals surface area (Å²) in [4.78, 5) is 16.4. The van der Waals surface area contributed by atoms with Crippen molar-refractivity contribution >= 4 is 29.1 Å². The molecule has 1 unspecified atom stereocenters. The van der Waals surface area contributed by atoms with E-state index in [1.807, 2.05) is 24.3 Å². The third-order valence-electron chi connectivity index (χ3n) is 2.66. The van der Waals surface area contributed by atoms with Crippen LogP contribution in [0.5, 0.6) is 0 Å². The number of hydrogen-bond donors (Lipinski definition) is 0. The SMILES string of the molecule is CC(=O)C(C)c1nc(CSc2ccccc2Cl)no1. The van der Waals surface area contributed by atoms with E-state index < -0.39 is 0 Å². The van der Waals surface area contributed by atoms with Crippen LogP contribution in [0, 0.1) is 0 Å². The van der Waals surface area contributed by atoms with Crippen molar-refractivity contribution in [1.29, 1.82) is 0 Å². The second-order valence-corrected chi connectivity index (χ2v) is 5.52. The van der Waals surface area contributed by atoms with Crippen LogP contribution in [0.2, 0.25) is 5.02 Å². The smallest absolute Gasteiger partial charge is 0.236 e. The molecule has 0 saturated heterocycles. The molecule has 0 fully saturated rings. The number of ketones is 1. The van der Waals surface area contributed by atoms with E-state index >= 15 is 0 Å². The molecule has 1 aromatic carbocycles. The first-order valence-electron chi connectivity index (χ1n) is 5.78. The predicted molar refractivity (Wildman–Crippen MR) is 74.4 cm³/mol.